The minimum atomic E-state index is -0.721. The van der Waals surface area contributed by atoms with Crippen LogP contribution in [0.3, 0.4) is 0 Å². The molecule has 4 aliphatic carbocycles. The van der Waals surface area contributed by atoms with E-state index >= 15 is 0 Å². The highest BCUT2D eigenvalue weighted by Gasteiger charge is 2.60. The quantitative estimate of drug-likeness (QED) is 0.577. The van der Waals surface area contributed by atoms with Gasteiger partial charge in [0.05, 0.1) is 5.60 Å². The van der Waals surface area contributed by atoms with Gasteiger partial charge in [-0.25, -0.2) is 0 Å². The van der Waals surface area contributed by atoms with Crippen molar-refractivity contribution in [2.24, 2.45) is 23.2 Å². The minimum Gasteiger partial charge on any atom is -0.385 e. The first-order valence-electron chi connectivity index (χ1n) is 9.30. The van der Waals surface area contributed by atoms with Crippen molar-refractivity contribution in [2.75, 3.05) is 0 Å². The Kier molecular flexibility index (Phi) is 3.48. The molecule has 4 rings (SSSR count). The number of hydrogen-bond acceptors (Lipinski definition) is 2. The molecule has 2 fully saturated rings. The van der Waals surface area contributed by atoms with Crippen LogP contribution in [0.1, 0.15) is 64.7 Å². The maximum Gasteiger partial charge on any atom is 0.137 e. The van der Waals surface area contributed by atoms with E-state index in [2.05, 4.69) is 19.2 Å². The molecule has 2 nitrogen and oxygen atoms in total. The van der Waals surface area contributed by atoms with Gasteiger partial charge in [0.1, 0.15) is 5.78 Å². The molecule has 1 N–H and O–H groups in total. The second kappa shape index (κ2) is 5.19. The topological polar surface area (TPSA) is 37.3 Å². The Hall–Kier alpha value is -1.11. The highest BCUT2D eigenvalue weighted by atomic mass is 16.3. The van der Waals surface area contributed by atoms with Crippen LogP contribution in [0.4, 0.5) is 0 Å². The number of allylic oxidation sites excluding steroid dienone is 2. The molecule has 0 bridgehead atoms. The van der Waals surface area contributed by atoms with Gasteiger partial charge in [-0.1, -0.05) is 24.6 Å². The van der Waals surface area contributed by atoms with Gasteiger partial charge in [0.2, 0.25) is 0 Å². The van der Waals surface area contributed by atoms with Crippen molar-refractivity contribution in [3.05, 3.63) is 29.5 Å². The highest BCUT2D eigenvalue weighted by Crippen LogP contribution is 2.64. The van der Waals surface area contributed by atoms with Crippen LogP contribution in [0.25, 0.3) is 0 Å². The summed E-state index contributed by atoms with van der Waals surface area (Å²) in [5, 5.41) is 11.2. The Morgan fingerprint density at radius 2 is 2.04 bits per heavy atom. The summed E-state index contributed by atoms with van der Waals surface area (Å²) in [6.07, 6.45) is 10.9. The number of carbonyl (C=O) groups is 1. The van der Waals surface area contributed by atoms with Gasteiger partial charge in [-0.3, -0.25) is 4.79 Å². The monoisotopic (exact) mass is 312 g/mol. The van der Waals surface area contributed by atoms with Gasteiger partial charge in [-0.05, 0) is 68.8 Å². The largest absolute Gasteiger partial charge is 0.385 e. The van der Waals surface area contributed by atoms with Crippen LogP contribution in [0.5, 0.6) is 0 Å². The Balaban J connectivity index is 1.67. The smallest absolute Gasteiger partial charge is 0.137 e. The number of Topliss-reactive ketones (excluding diaryl/α,β-unsaturated/α-hetero) is 1. The summed E-state index contributed by atoms with van der Waals surface area (Å²) in [4.78, 5) is 11.8. The summed E-state index contributed by atoms with van der Waals surface area (Å²) in [5.74, 6) is 2.42. The third-order valence-electron chi connectivity index (χ3n) is 7.76. The lowest BCUT2D eigenvalue weighted by Gasteiger charge is -2.53. The van der Waals surface area contributed by atoms with Crippen LogP contribution in [-0.4, -0.2) is 16.5 Å². The lowest BCUT2D eigenvalue weighted by atomic mass is 9.52. The summed E-state index contributed by atoms with van der Waals surface area (Å²) in [5.41, 5.74) is 5.23. The first-order valence-corrected chi connectivity index (χ1v) is 9.30. The summed E-state index contributed by atoms with van der Waals surface area (Å²) in [7, 11) is 0. The zero-order valence-electron chi connectivity index (χ0n) is 14.2. The number of carbonyl (C=O) groups excluding carboxylic acids is 1. The van der Waals surface area contributed by atoms with E-state index < -0.39 is 5.60 Å². The van der Waals surface area contributed by atoms with Crippen molar-refractivity contribution in [3.63, 3.8) is 0 Å². The van der Waals surface area contributed by atoms with E-state index in [1.807, 2.05) is 6.08 Å². The highest BCUT2D eigenvalue weighted by molar-refractivity contribution is 5.82. The minimum absolute atomic E-state index is 0.0264. The average Bonchev–Trinajstić information content (AvgIpc) is 2.79. The fourth-order valence-electron chi connectivity index (χ4n) is 6.51. The van der Waals surface area contributed by atoms with Crippen LogP contribution < -0.4 is 0 Å². The van der Waals surface area contributed by atoms with Gasteiger partial charge < -0.3 is 5.11 Å². The van der Waals surface area contributed by atoms with Crippen molar-refractivity contribution in [2.45, 2.75) is 70.3 Å². The van der Waals surface area contributed by atoms with Crippen molar-refractivity contribution in [1.29, 1.82) is 0 Å². The predicted octanol–water partition coefficient (Wildman–Crippen LogP) is 4.34. The van der Waals surface area contributed by atoms with Crippen LogP contribution >= 0.6 is 0 Å². The molecule has 0 heterocycles. The molecule has 2 heteroatoms. The predicted molar refractivity (Wildman–Crippen MR) is 90.8 cm³/mol. The molecule has 0 aromatic carbocycles. The van der Waals surface area contributed by atoms with Crippen LogP contribution in [0.15, 0.2) is 29.5 Å². The third-order valence-corrected chi connectivity index (χ3v) is 7.76. The molecular formula is C21H28O2. The lowest BCUT2D eigenvalue weighted by molar-refractivity contribution is -0.119. The Labute approximate surface area is 139 Å². The molecule has 0 unspecified atom stereocenters. The van der Waals surface area contributed by atoms with Gasteiger partial charge in [0.25, 0.3) is 0 Å². The summed E-state index contributed by atoms with van der Waals surface area (Å²) in [6.45, 7) is 6.00. The van der Waals surface area contributed by atoms with Gasteiger partial charge in [0, 0.05) is 18.3 Å². The van der Waals surface area contributed by atoms with Crippen LogP contribution in [0.2, 0.25) is 0 Å². The molecule has 0 aliphatic heterocycles. The SMILES string of the molecule is C=C=C[C@]1(O)CC[C@H]2[C@@H]3CCC4=C(CCC(=O)C4)[C@H]3CC[C@@]21C. The number of aliphatic hydroxyl groups is 1. The second-order valence-electron chi connectivity index (χ2n) is 8.53. The van der Waals surface area contributed by atoms with E-state index in [9.17, 15) is 9.90 Å². The Morgan fingerprint density at radius 3 is 2.83 bits per heavy atom. The van der Waals surface area contributed by atoms with Gasteiger partial charge in [-0.2, -0.15) is 0 Å². The first-order chi connectivity index (χ1) is 11.0. The number of hydrogen-bond donors (Lipinski definition) is 1. The third kappa shape index (κ3) is 2.08. The van der Waals surface area contributed by atoms with Crippen molar-refractivity contribution in [3.8, 4) is 0 Å². The number of fused-ring (bicyclic) bond motifs is 4. The first kappa shape index (κ1) is 15.4. The molecular weight excluding hydrogens is 284 g/mol. The summed E-state index contributed by atoms with van der Waals surface area (Å²) in [6, 6.07) is 0. The second-order valence-corrected chi connectivity index (χ2v) is 8.53. The van der Waals surface area contributed by atoms with Crippen molar-refractivity contribution < 1.29 is 9.90 Å². The molecule has 0 aromatic heterocycles. The van der Waals surface area contributed by atoms with Crippen LogP contribution in [0, 0.1) is 23.2 Å². The molecule has 4 aliphatic rings. The number of ketones is 1. The molecule has 5 atom stereocenters. The zero-order chi connectivity index (χ0) is 16.2. The Bertz CT molecular complexity index is 624. The van der Waals surface area contributed by atoms with E-state index in [4.69, 9.17) is 0 Å². The Morgan fingerprint density at radius 1 is 1.22 bits per heavy atom. The fourth-order valence-corrected chi connectivity index (χ4v) is 6.51. The molecule has 0 radical (unpaired) electrons. The molecule has 0 aromatic rings. The number of rotatable bonds is 1. The van der Waals surface area contributed by atoms with Crippen molar-refractivity contribution in [1.82, 2.24) is 0 Å². The van der Waals surface area contributed by atoms with E-state index in [0.29, 0.717) is 23.5 Å². The molecule has 2 saturated carbocycles. The maximum absolute atomic E-state index is 11.8. The van der Waals surface area contributed by atoms with Gasteiger partial charge in [0.15, 0.2) is 0 Å². The standard InChI is InChI=1S/C21H28O2/c1-3-10-21(23)12-9-19-18-6-4-14-13-15(22)5-7-16(14)17(18)8-11-20(19,21)2/h10,17-19,23H,1,4-9,11-13H2,2H3/t17-,18-,19+,20+,21+/m1/s1. The molecule has 23 heavy (non-hydrogen) atoms. The lowest BCUT2D eigenvalue weighted by Crippen LogP contribution is -2.50. The fraction of sp³-hybridized carbons (Fsp3) is 0.714. The van der Waals surface area contributed by atoms with Crippen molar-refractivity contribution >= 4 is 5.78 Å². The van der Waals surface area contributed by atoms with Gasteiger partial charge >= 0.3 is 0 Å². The summed E-state index contributed by atoms with van der Waals surface area (Å²) < 4.78 is 0. The molecule has 0 spiro atoms. The van der Waals surface area contributed by atoms with Crippen LogP contribution in [-0.2, 0) is 4.79 Å². The average molecular weight is 312 g/mol. The van der Waals surface area contributed by atoms with E-state index in [-0.39, 0.29) is 5.41 Å². The van der Waals surface area contributed by atoms with E-state index in [1.165, 1.54) is 18.4 Å². The molecule has 0 amide bonds. The van der Waals surface area contributed by atoms with E-state index in [0.717, 1.165) is 44.9 Å². The molecule has 124 valence electrons. The molecule has 0 saturated heterocycles. The zero-order valence-corrected chi connectivity index (χ0v) is 14.2. The maximum atomic E-state index is 11.8. The van der Waals surface area contributed by atoms with Gasteiger partial charge in [-0.15, -0.1) is 5.73 Å². The summed E-state index contributed by atoms with van der Waals surface area (Å²) >= 11 is 0. The normalized spacial score (nSPS) is 45.8. The van der Waals surface area contributed by atoms with E-state index in [1.54, 1.807) is 5.57 Å².